The van der Waals surface area contributed by atoms with E-state index in [1.807, 2.05) is 0 Å². The van der Waals surface area contributed by atoms with Crippen LogP contribution in [0.2, 0.25) is 0 Å². The number of hydrogen-bond acceptors (Lipinski definition) is 1. The van der Waals surface area contributed by atoms with E-state index in [-0.39, 0.29) is 16.7 Å². The van der Waals surface area contributed by atoms with E-state index < -0.39 is 17.7 Å². The van der Waals surface area contributed by atoms with Gasteiger partial charge in [-0.3, -0.25) is 0 Å². The lowest BCUT2D eigenvalue weighted by molar-refractivity contribution is -0.137. The van der Waals surface area contributed by atoms with Crippen molar-refractivity contribution in [2.45, 2.75) is 13.1 Å². The van der Waals surface area contributed by atoms with Crippen LogP contribution in [0.25, 0.3) is 11.1 Å². The SMILES string of the molecule is Cc1cc(C(=O)O)cc(-c2ccccc2C(F)(F)F)c1. The summed E-state index contributed by atoms with van der Waals surface area (Å²) in [5.74, 6) is -1.17. The Morgan fingerprint density at radius 2 is 1.75 bits per heavy atom. The minimum absolute atomic E-state index is 0.0220. The monoisotopic (exact) mass is 280 g/mol. The van der Waals surface area contributed by atoms with E-state index in [1.165, 1.54) is 36.4 Å². The summed E-state index contributed by atoms with van der Waals surface area (Å²) < 4.78 is 38.9. The van der Waals surface area contributed by atoms with Crippen molar-refractivity contribution in [3.8, 4) is 11.1 Å². The Balaban J connectivity index is 2.66. The smallest absolute Gasteiger partial charge is 0.417 e. The van der Waals surface area contributed by atoms with Gasteiger partial charge in [0.25, 0.3) is 0 Å². The molecule has 0 spiro atoms. The van der Waals surface area contributed by atoms with Gasteiger partial charge in [-0.2, -0.15) is 13.2 Å². The third-order valence-electron chi connectivity index (χ3n) is 2.87. The van der Waals surface area contributed by atoms with Crippen LogP contribution in [-0.2, 0) is 6.18 Å². The third-order valence-corrected chi connectivity index (χ3v) is 2.87. The van der Waals surface area contributed by atoms with Crippen molar-refractivity contribution in [2.24, 2.45) is 0 Å². The van der Waals surface area contributed by atoms with Gasteiger partial charge in [-0.15, -0.1) is 0 Å². The minimum atomic E-state index is -4.48. The zero-order chi connectivity index (χ0) is 14.9. The average molecular weight is 280 g/mol. The molecule has 0 unspecified atom stereocenters. The van der Waals surface area contributed by atoms with Gasteiger partial charge in [0, 0.05) is 0 Å². The maximum Gasteiger partial charge on any atom is 0.417 e. The van der Waals surface area contributed by atoms with Gasteiger partial charge in [0.05, 0.1) is 11.1 Å². The molecule has 0 aliphatic carbocycles. The summed E-state index contributed by atoms with van der Waals surface area (Å²) in [4.78, 5) is 11.0. The Kier molecular flexibility index (Phi) is 3.53. The number of halogens is 3. The van der Waals surface area contributed by atoms with Crippen LogP contribution < -0.4 is 0 Å². The van der Waals surface area contributed by atoms with Crippen molar-refractivity contribution in [2.75, 3.05) is 0 Å². The summed E-state index contributed by atoms with van der Waals surface area (Å²) in [6.07, 6.45) is -4.48. The van der Waals surface area contributed by atoms with Gasteiger partial charge in [-0.05, 0) is 41.8 Å². The van der Waals surface area contributed by atoms with E-state index in [1.54, 1.807) is 6.92 Å². The first kappa shape index (κ1) is 14.1. The summed E-state index contributed by atoms with van der Waals surface area (Å²) in [6, 6.07) is 9.33. The predicted octanol–water partition coefficient (Wildman–Crippen LogP) is 4.38. The maximum absolute atomic E-state index is 13.0. The molecule has 2 aromatic rings. The van der Waals surface area contributed by atoms with Crippen molar-refractivity contribution >= 4 is 5.97 Å². The molecule has 0 saturated carbocycles. The zero-order valence-corrected chi connectivity index (χ0v) is 10.5. The van der Waals surface area contributed by atoms with Gasteiger partial charge in [-0.1, -0.05) is 24.3 Å². The number of aryl methyl sites for hydroxylation is 1. The predicted molar refractivity (Wildman–Crippen MR) is 68.6 cm³/mol. The molecule has 0 aromatic heterocycles. The van der Waals surface area contributed by atoms with Crippen molar-refractivity contribution in [1.82, 2.24) is 0 Å². The van der Waals surface area contributed by atoms with Crippen LogP contribution in [0.3, 0.4) is 0 Å². The molecule has 0 amide bonds. The van der Waals surface area contributed by atoms with Crippen molar-refractivity contribution in [1.29, 1.82) is 0 Å². The molecule has 0 saturated heterocycles. The highest BCUT2D eigenvalue weighted by molar-refractivity contribution is 5.90. The van der Waals surface area contributed by atoms with Gasteiger partial charge in [0.1, 0.15) is 0 Å². The number of aromatic carboxylic acids is 1. The zero-order valence-electron chi connectivity index (χ0n) is 10.5. The number of carboxylic acids is 1. The largest absolute Gasteiger partial charge is 0.478 e. The fourth-order valence-corrected chi connectivity index (χ4v) is 2.04. The molecule has 0 aliphatic rings. The molecule has 2 aromatic carbocycles. The van der Waals surface area contributed by atoms with Crippen LogP contribution in [0, 0.1) is 6.92 Å². The van der Waals surface area contributed by atoms with E-state index in [0.29, 0.717) is 5.56 Å². The molecule has 2 rings (SSSR count). The van der Waals surface area contributed by atoms with Crippen molar-refractivity contribution in [3.63, 3.8) is 0 Å². The summed E-state index contributed by atoms with van der Waals surface area (Å²) in [5, 5.41) is 8.99. The number of rotatable bonds is 2. The molecule has 0 aliphatic heterocycles. The number of alkyl halides is 3. The highest BCUT2D eigenvalue weighted by Crippen LogP contribution is 2.37. The van der Waals surface area contributed by atoms with Crippen LogP contribution in [0.1, 0.15) is 21.5 Å². The molecule has 2 nitrogen and oxygen atoms in total. The van der Waals surface area contributed by atoms with Crippen LogP contribution >= 0.6 is 0 Å². The first-order valence-electron chi connectivity index (χ1n) is 5.80. The average Bonchev–Trinajstić information content (AvgIpc) is 2.37. The van der Waals surface area contributed by atoms with Gasteiger partial charge in [0.2, 0.25) is 0 Å². The van der Waals surface area contributed by atoms with Crippen LogP contribution in [0.15, 0.2) is 42.5 Å². The fraction of sp³-hybridized carbons (Fsp3) is 0.133. The van der Waals surface area contributed by atoms with Crippen molar-refractivity contribution in [3.05, 3.63) is 59.2 Å². The molecule has 1 N–H and O–H groups in total. The highest BCUT2D eigenvalue weighted by atomic mass is 19.4. The molecule has 0 bridgehead atoms. The molecular formula is C15H11F3O2. The van der Waals surface area contributed by atoms with Gasteiger partial charge in [-0.25, -0.2) is 4.79 Å². The molecule has 0 fully saturated rings. The summed E-state index contributed by atoms with van der Waals surface area (Å²) in [6.45, 7) is 1.64. The molecule has 0 heterocycles. The van der Waals surface area contributed by atoms with E-state index in [2.05, 4.69) is 0 Å². The number of carbonyl (C=O) groups is 1. The second kappa shape index (κ2) is 5.00. The van der Waals surface area contributed by atoms with E-state index in [9.17, 15) is 18.0 Å². The first-order valence-corrected chi connectivity index (χ1v) is 5.80. The second-order valence-corrected chi connectivity index (χ2v) is 4.44. The Hall–Kier alpha value is -2.30. The fourth-order valence-electron chi connectivity index (χ4n) is 2.04. The summed E-state index contributed by atoms with van der Waals surface area (Å²) in [7, 11) is 0. The number of benzene rings is 2. The molecule has 20 heavy (non-hydrogen) atoms. The maximum atomic E-state index is 13.0. The van der Waals surface area contributed by atoms with E-state index in [4.69, 9.17) is 5.11 Å². The number of carboxylic acid groups (broad SMARTS) is 1. The summed E-state index contributed by atoms with van der Waals surface area (Å²) in [5.41, 5.74) is 0.0114. The van der Waals surface area contributed by atoms with Crippen LogP contribution in [-0.4, -0.2) is 11.1 Å². The number of hydrogen-bond donors (Lipinski definition) is 1. The normalized spacial score (nSPS) is 11.4. The van der Waals surface area contributed by atoms with E-state index in [0.717, 1.165) is 6.07 Å². The topological polar surface area (TPSA) is 37.3 Å². The second-order valence-electron chi connectivity index (χ2n) is 4.44. The van der Waals surface area contributed by atoms with Gasteiger partial charge >= 0.3 is 12.1 Å². The molecule has 0 atom stereocenters. The van der Waals surface area contributed by atoms with Gasteiger partial charge in [0.15, 0.2) is 0 Å². The Bertz CT molecular complexity index is 660. The standard InChI is InChI=1S/C15H11F3O2/c1-9-6-10(8-11(7-9)14(19)20)12-4-2-3-5-13(12)15(16,17)18/h2-8H,1H3,(H,19,20). The minimum Gasteiger partial charge on any atom is -0.478 e. The first-order chi connectivity index (χ1) is 9.29. The molecule has 0 radical (unpaired) electrons. The third kappa shape index (κ3) is 2.82. The van der Waals surface area contributed by atoms with Crippen LogP contribution in [0.5, 0.6) is 0 Å². The quantitative estimate of drug-likeness (QED) is 0.886. The summed E-state index contributed by atoms with van der Waals surface area (Å²) >= 11 is 0. The van der Waals surface area contributed by atoms with E-state index >= 15 is 0 Å². The lowest BCUT2D eigenvalue weighted by Crippen LogP contribution is -2.07. The molecule has 104 valence electrons. The Morgan fingerprint density at radius 1 is 1.10 bits per heavy atom. The highest BCUT2D eigenvalue weighted by Gasteiger charge is 2.33. The van der Waals surface area contributed by atoms with Gasteiger partial charge < -0.3 is 5.11 Å². The van der Waals surface area contributed by atoms with Crippen molar-refractivity contribution < 1.29 is 23.1 Å². The van der Waals surface area contributed by atoms with Crippen LogP contribution in [0.4, 0.5) is 13.2 Å². The lowest BCUT2D eigenvalue weighted by Gasteiger charge is -2.13. The Labute approximate surface area is 113 Å². The molecular weight excluding hydrogens is 269 g/mol. The Morgan fingerprint density at radius 3 is 2.35 bits per heavy atom. The molecule has 5 heteroatoms. The lowest BCUT2D eigenvalue weighted by atomic mass is 9.96.